The SMILES string of the molecule is COc1cc(C(=O)NCc2cc(C3CC3)on2)ccn1. The van der Waals surface area contributed by atoms with Crippen LogP contribution in [-0.4, -0.2) is 23.2 Å². The summed E-state index contributed by atoms with van der Waals surface area (Å²) in [5.41, 5.74) is 1.24. The van der Waals surface area contributed by atoms with Crippen LogP contribution in [0.1, 0.15) is 40.6 Å². The zero-order valence-electron chi connectivity index (χ0n) is 11.1. The summed E-state index contributed by atoms with van der Waals surface area (Å²) < 4.78 is 10.2. The van der Waals surface area contributed by atoms with Gasteiger partial charge in [0.25, 0.3) is 5.91 Å². The molecule has 6 heteroatoms. The molecule has 0 saturated heterocycles. The third kappa shape index (κ3) is 2.79. The van der Waals surface area contributed by atoms with Gasteiger partial charge in [-0.1, -0.05) is 5.16 Å². The van der Waals surface area contributed by atoms with E-state index in [1.54, 1.807) is 12.1 Å². The number of carbonyl (C=O) groups is 1. The molecule has 2 aromatic rings. The Balaban J connectivity index is 1.60. The molecule has 2 aromatic heterocycles. The van der Waals surface area contributed by atoms with Crippen molar-refractivity contribution in [2.24, 2.45) is 0 Å². The molecule has 0 radical (unpaired) electrons. The Morgan fingerprint density at radius 1 is 1.50 bits per heavy atom. The van der Waals surface area contributed by atoms with E-state index in [1.807, 2.05) is 6.07 Å². The Bertz CT molecular complexity index is 620. The number of rotatable bonds is 5. The molecule has 0 atom stereocenters. The van der Waals surface area contributed by atoms with E-state index in [2.05, 4.69) is 15.5 Å². The zero-order valence-corrected chi connectivity index (χ0v) is 11.1. The zero-order chi connectivity index (χ0) is 13.9. The Morgan fingerprint density at radius 3 is 3.10 bits per heavy atom. The lowest BCUT2D eigenvalue weighted by molar-refractivity contribution is 0.0949. The third-order valence-electron chi connectivity index (χ3n) is 3.19. The van der Waals surface area contributed by atoms with Crippen LogP contribution in [0.2, 0.25) is 0 Å². The molecule has 1 amide bonds. The molecule has 1 aliphatic rings. The summed E-state index contributed by atoms with van der Waals surface area (Å²) in [6.45, 7) is 0.347. The van der Waals surface area contributed by atoms with E-state index in [-0.39, 0.29) is 5.91 Å². The minimum absolute atomic E-state index is 0.193. The highest BCUT2D eigenvalue weighted by molar-refractivity contribution is 5.94. The maximum atomic E-state index is 12.0. The number of ether oxygens (including phenoxy) is 1. The summed E-state index contributed by atoms with van der Waals surface area (Å²) in [7, 11) is 1.51. The van der Waals surface area contributed by atoms with Crippen LogP contribution in [-0.2, 0) is 6.54 Å². The first-order valence-electron chi connectivity index (χ1n) is 6.50. The van der Waals surface area contributed by atoms with Crippen molar-refractivity contribution in [3.8, 4) is 5.88 Å². The molecule has 0 spiro atoms. The van der Waals surface area contributed by atoms with Crippen molar-refractivity contribution in [2.75, 3.05) is 7.11 Å². The average Bonchev–Trinajstić information content (AvgIpc) is 3.24. The summed E-state index contributed by atoms with van der Waals surface area (Å²) in [4.78, 5) is 15.9. The fourth-order valence-electron chi connectivity index (χ4n) is 1.91. The Morgan fingerprint density at radius 2 is 2.35 bits per heavy atom. The molecule has 1 saturated carbocycles. The van der Waals surface area contributed by atoms with Crippen LogP contribution < -0.4 is 10.1 Å². The van der Waals surface area contributed by atoms with E-state index < -0.39 is 0 Å². The molecular weight excluding hydrogens is 258 g/mol. The highest BCUT2D eigenvalue weighted by Crippen LogP contribution is 2.40. The lowest BCUT2D eigenvalue weighted by Crippen LogP contribution is -2.23. The summed E-state index contributed by atoms with van der Waals surface area (Å²) in [6, 6.07) is 5.13. The van der Waals surface area contributed by atoms with Gasteiger partial charge in [-0.3, -0.25) is 4.79 Å². The summed E-state index contributed by atoms with van der Waals surface area (Å²) in [5, 5.41) is 6.74. The number of nitrogens with zero attached hydrogens (tertiary/aromatic N) is 2. The maximum Gasteiger partial charge on any atom is 0.251 e. The fourth-order valence-corrected chi connectivity index (χ4v) is 1.91. The number of aromatic nitrogens is 2. The van der Waals surface area contributed by atoms with Crippen molar-refractivity contribution < 1.29 is 14.1 Å². The highest BCUT2D eigenvalue weighted by atomic mass is 16.5. The molecule has 2 heterocycles. The lowest BCUT2D eigenvalue weighted by Gasteiger charge is -2.04. The number of pyridine rings is 1. The van der Waals surface area contributed by atoms with Gasteiger partial charge in [0, 0.05) is 29.8 Å². The quantitative estimate of drug-likeness (QED) is 0.900. The van der Waals surface area contributed by atoms with Crippen LogP contribution in [0.25, 0.3) is 0 Å². The first-order valence-corrected chi connectivity index (χ1v) is 6.50. The molecule has 3 rings (SSSR count). The van der Waals surface area contributed by atoms with Crippen LogP contribution in [0.3, 0.4) is 0 Å². The van der Waals surface area contributed by atoms with Crippen molar-refractivity contribution >= 4 is 5.91 Å². The topological polar surface area (TPSA) is 77.2 Å². The van der Waals surface area contributed by atoms with E-state index in [0.29, 0.717) is 23.9 Å². The average molecular weight is 273 g/mol. The largest absolute Gasteiger partial charge is 0.481 e. The number of carbonyl (C=O) groups excluding carboxylic acids is 1. The van der Waals surface area contributed by atoms with Crippen molar-refractivity contribution in [3.63, 3.8) is 0 Å². The van der Waals surface area contributed by atoms with E-state index in [4.69, 9.17) is 9.26 Å². The summed E-state index contributed by atoms with van der Waals surface area (Å²) in [5.74, 6) is 1.66. The lowest BCUT2D eigenvalue weighted by atomic mass is 10.2. The van der Waals surface area contributed by atoms with Crippen LogP contribution in [0, 0.1) is 0 Å². The van der Waals surface area contributed by atoms with Gasteiger partial charge in [0.2, 0.25) is 5.88 Å². The van der Waals surface area contributed by atoms with Crippen molar-refractivity contribution in [3.05, 3.63) is 41.4 Å². The minimum Gasteiger partial charge on any atom is -0.481 e. The molecule has 0 bridgehead atoms. The second-order valence-corrected chi connectivity index (χ2v) is 4.76. The van der Waals surface area contributed by atoms with Crippen molar-refractivity contribution in [2.45, 2.75) is 25.3 Å². The molecule has 6 nitrogen and oxygen atoms in total. The van der Waals surface area contributed by atoms with Gasteiger partial charge in [-0.15, -0.1) is 0 Å². The number of methoxy groups -OCH3 is 1. The van der Waals surface area contributed by atoms with Gasteiger partial charge in [0.05, 0.1) is 13.7 Å². The van der Waals surface area contributed by atoms with E-state index in [9.17, 15) is 4.79 Å². The predicted molar refractivity (Wildman–Crippen MR) is 70.4 cm³/mol. The molecule has 1 fully saturated rings. The fraction of sp³-hybridized carbons (Fsp3) is 0.357. The van der Waals surface area contributed by atoms with Crippen LogP contribution in [0.5, 0.6) is 5.88 Å². The normalized spacial score (nSPS) is 14.1. The number of amides is 1. The monoisotopic (exact) mass is 273 g/mol. The first-order chi connectivity index (χ1) is 9.76. The Hall–Kier alpha value is -2.37. The highest BCUT2D eigenvalue weighted by Gasteiger charge is 2.27. The van der Waals surface area contributed by atoms with Gasteiger partial charge in [-0.25, -0.2) is 4.98 Å². The molecule has 1 aliphatic carbocycles. The van der Waals surface area contributed by atoms with Gasteiger partial charge >= 0.3 is 0 Å². The van der Waals surface area contributed by atoms with Gasteiger partial charge in [-0.2, -0.15) is 0 Å². The molecule has 20 heavy (non-hydrogen) atoms. The second kappa shape index (κ2) is 5.32. The smallest absolute Gasteiger partial charge is 0.251 e. The first kappa shape index (κ1) is 12.7. The molecular formula is C14H15N3O3. The van der Waals surface area contributed by atoms with Crippen molar-refractivity contribution in [1.29, 1.82) is 0 Å². The van der Waals surface area contributed by atoms with Crippen LogP contribution in [0.4, 0.5) is 0 Å². The van der Waals surface area contributed by atoms with Gasteiger partial charge in [0.15, 0.2) is 0 Å². The number of hydrogen-bond acceptors (Lipinski definition) is 5. The van der Waals surface area contributed by atoms with E-state index >= 15 is 0 Å². The van der Waals surface area contributed by atoms with E-state index in [0.717, 1.165) is 24.3 Å². The minimum atomic E-state index is -0.193. The second-order valence-electron chi connectivity index (χ2n) is 4.76. The van der Waals surface area contributed by atoms with Gasteiger partial charge in [0.1, 0.15) is 11.5 Å². The maximum absolute atomic E-state index is 12.0. The predicted octanol–water partition coefficient (Wildman–Crippen LogP) is 1.89. The molecule has 1 N–H and O–H groups in total. The van der Waals surface area contributed by atoms with E-state index in [1.165, 1.54) is 13.3 Å². The van der Waals surface area contributed by atoms with Gasteiger partial charge in [-0.05, 0) is 18.9 Å². The Kier molecular flexibility index (Phi) is 3.37. The number of hydrogen-bond donors (Lipinski definition) is 1. The molecule has 0 unspecified atom stereocenters. The molecule has 0 aliphatic heterocycles. The third-order valence-corrected chi connectivity index (χ3v) is 3.19. The summed E-state index contributed by atoms with van der Waals surface area (Å²) >= 11 is 0. The van der Waals surface area contributed by atoms with Crippen molar-refractivity contribution in [1.82, 2.24) is 15.5 Å². The Labute approximate surface area is 116 Å². The van der Waals surface area contributed by atoms with Gasteiger partial charge < -0.3 is 14.6 Å². The van der Waals surface area contributed by atoms with Crippen LogP contribution >= 0.6 is 0 Å². The number of nitrogens with one attached hydrogen (secondary N) is 1. The van der Waals surface area contributed by atoms with Crippen LogP contribution in [0.15, 0.2) is 28.9 Å². The molecule has 0 aromatic carbocycles. The standard InChI is InChI=1S/C14H15N3O3/c1-19-13-6-10(4-5-15-13)14(18)16-8-11-7-12(20-17-11)9-2-3-9/h4-7,9H,2-3,8H2,1H3,(H,16,18). The summed E-state index contributed by atoms with van der Waals surface area (Å²) in [6.07, 6.45) is 3.87. The molecule has 104 valence electrons.